The molecule has 3 nitrogen and oxygen atoms in total. The Morgan fingerprint density at radius 3 is 2.40 bits per heavy atom. The van der Waals surface area contributed by atoms with Crippen molar-refractivity contribution in [2.45, 2.75) is 45.6 Å². The van der Waals surface area contributed by atoms with E-state index in [0.29, 0.717) is 23.8 Å². The molecular weight excluding hydrogens is 212 g/mol. The zero-order valence-corrected chi connectivity index (χ0v) is 10.5. The smallest absolute Gasteiger partial charge is 0.150 e. The van der Waals surface area contributed by atoms with Crippen LogP contribution in [0.4, 0.5) is 0 Å². The maximum atomic E-state index is 11.5. The van der Waals surface area contributed by atoms with Gasteiger partial charge in [0.1, 0.15) is 9.84 Å². The first-order chi connectivity index (χ1) is 6.96. The van der Waals surface area contributed by atoms with Crippen LogP contribution in [0.1, 0.15) is 39.5 Å². The number of hydrogen-bond acceptors (Lipinski definition) is 3. The Labute approximate surface area is 92.8 Å². The summed E-state index contributed by atoms with van der Waals surface area (Å²) in [7, 11) is -2.84. The van der Waals surface area contributed by atoms with Crippen LogP contribution >= 0.6 is 0 Å². The molecule has 0 radical (unpaired) electrons. The number of aliphatic hydroxyl groups is 1. The van der Waals surface area contributed by atoms with E-state index in [4.69, 9.17) is 0 Å². The molecule has 0 aromatic rings. The van der Waals surface area contributed by atoms with Crippen LogP contribution < -0.4 is 0 Å². The van der Waals surface area contributed by atoms with Crippen molar-refractivity contribution in [3.8, 4) is 0 Å². The SMILES string of the molecule is CCCS(=O)(=O)CCC1CCC(O)C1C. The third-order valence-electron chi connectivity index (χ3n) is 3.50. The van der Waals surface area contributed by atoms with E-state index < -0.39 is 9.84 Å². The summed E-state index contributed by atoms with van der Waals surface area (Å²) in [6.45, 7) is 3.91. The van der Waals surface area contributed by atoms with Gasteiger partial charge in [-0.1, -0.05) is 13.8 Å². The highest BCUT2D eigenvalue weighted by molar-refractivity contribution is 7.91. The van der Waals surface area contributed by atoms with Gasteiger partial charge in [-0.3, -0.25) is 0 Å². The van der Waals surface area contributed by atoms with Crippen molar-refractivity contribution in [2.24, 2.45) is 11.8 Å². The second kappa shape index (κ2) is 5.30. The van der Waals surface area contributed by atoms with Gasteiger partial charge in [0.2, 0.25) is 0 Å². The summed E-state index contributed by atoms with van der Waals surface area (Å²) in [4.78, 5) is 0. The van der Waals surface area contributed by atoms with Crippen LogP contribution in [0.2, 0.25) is 0 Å². The van der Waals surface area contributed by atoms with Crippen LogP contribution in [0.15, 0.2) is 0 Å². The van der Waals surface area contributed by atoms with E-state index in [1.807, 2.05) is 13.8 Å². The van der Waals surface area contributed by atoms with Crippen LogP contribution in [0.5, 0.6) is 0 Å². The second-order valence-corrected chi connectivity index (χ2v) is 7.01. The third kappa shape index (κ3) is 3.76. The maximum absolute atomic E-state index is 11.5. The molecule has 0 saturated heterocycles. The van der Waals surface area contributed by atoms with Crippen LogP contribution in [-0.4, -0.2) is 31.1 Å². The number of aliphatic hydroxyl groups excluding tert-OH is 1. The molecule has 1 aliphatic rings. The molecule has 15 heavy (non-hydrogen) atoms. The molecule has 0 heterocycles. The Morgan fingerprint density at radius 1 is 1.27 bits per heavy atom. The Kier molecular flexibility index (Phi) is 4.59. The molecule has 0 aromatic heterocycles. The Balaban J connectivity index is 2.38. The van der Waals surface area contributed by atoms with E-state index in [0.717, 1.165) is 19.3 Å². The Hall–Kier alpha value is -0.0900. The molecule has 0 bridgehead atoms. The summed E-state index contributed by atoms with van der Waals surface area (Å²) in [5, 5.41) is 9.55. The summed E-state index contributed by atoms with van der Waals surface area (Å²) in [5.41, 5.74) is 0. The first-order valence-corrected chi connectivity index (χ1v) is 7.67. The van der Waals surface area contributed by atoms with Crippen molar-refractivity contribution in [3.05, 3.63) is 0 Å². The average molecular weight is 234 g/mol. The van der Waals surface area contributed by atoms with Gasteiger partial charge >= 0.3 is 0 Å². The standard InChI is InChI=1S/C11H22O3S/c1-3-7-15(13,14)8-6-10-4-5-11(12)9(10)2/h9-12H,3-8H2,1-2H3. The largest absolute Gasteiger partial charge is 0.393 e. The van der Waals surface area contributed by atoms with Crippen molar-refractivity contribution < 1.29 is 13.5 Å². The van der Waals surface area contributed by atoms with Crippen molar-refractivity contribution >= 4 is 9.84 Å². The van der Waals surface area contributed by atoms with E-state index in [1.54, 1.807) is 0 Å². The van der Waals surface area contributed by atoms with Gasteiger partial charge in [0, 0.05) is 5.75 Å². The molecule has 90 valence electrons. The van der Waals surface area contributed by atoms with Gasteiger partial charge in [-0.25, -0.2) is 8.42 Å². The highest BCUT2D eigenvalue weighted by Gasteiger charge is 2.31. The fourth-order valence-corrected chi connectivity index (χ4v) is 3.86. The average Bonchev–Trinajstić information content (AvgIpc) is 2.45. The van der Waals surface area contributed by atoms with Crippen LogP contribution in [0.25, 0.3) is 0 Å². The molecule has 0 aromatic carbocycles. The van der Waals surface area contributed by atoms with Crippen molar-refractivity contribution in [1.82, 2.24) is 0 Å². The maximum Gasteiger partial charge on any atom is 0.150 e. The molecule has 4 heteroatoms. The lowest BCUT2D eigenvalue weighted by molar-refractivity contribution is 0.127. The minimum absolute atomic E-state index is 0.219. The summed E-state index contributed by atoms with van der Waals surface area (Å²) in [5.74, 6) is 1.26. The third-order valence-corrected chi connectivity index (χ3v) is 5.39. The fourth-order valence-electron chi connectivity index (χ4n) is 2.38. The number of sulfone groups is 1. The lowest BCUT2D eigenvalue weighted by Gasteiger charge is -2.16. The zero-order chi connectivity index (χ0) is 11.5. The molecule has 1 N–H and O–H groups in total. The van der Waals surface area contributed by atoms with E-state index >= 15 is 0 Å². The second-order valence-electron chi connectivity index (χ2n) is 4.70. The Bertz CT molecular complexity index is 284. The highest BCUT2D eigenvalue weighted by Crippen LogP contribution is 2.34. The van der Waals surface area contributed by atoms with Gasteiger partial charge in [-0.15, -0.1) is 0 Å². The molecule has 1 rings (SSSR count). The topological polar surface area (TPSA) is 54.4 Å². The monoisotopic (exact) mass is 234 g/mol. The highest BCUT2D eigenvalue weighted by atomic mass is 32.2. The van der Waals surface area contributed by atoms with Gasteiger partial charge < -0.3 is 5.11 Å². The van der Waals surface area contributed by atoms with Gasteiger partial charge in [0.05, 0.1) is 11.9 Å². The lowest BCUT2D eigenvalue weighted by atomic mass is 9.95. The predicted molar refractivity (Wildman–Crippen MR) is 61.5 cm³/mol. The van der Waals surface area contributed by atoms with Gasteiger partial charge in [-0.05, 0) is 37.5 Å². The van der Waals surface area contributed by atoms with E-state index in [1.165, 1.54) is 0 Å². The van der Waals surface area contributed by atoms with E-state index in [2.05, 4.69) is 0 Å². The zero-order valence-electron chi connectivity index (χ0n) is 9.65. The lowest BCUT2D eigenvalue weighted by Crippen LogP contribution is -2.19. The van der Waals surface area contributed by atoms with Gasteiger partial charge in [0.15, 0.2) is 0 Å². The van der Waals surface area contributed by atoms with Crippen LogP contribution in [-0.2, 0) is 9.84 Å². The molecule has 0 amide bonds. The van der Waals surface area contributed by atoms with Crippen molar-refractivity contribution in [3.63, 3.8) is 0 Å². The van der Waals surface area contributed by atoms with Crippen LogP contribution in [0, 0.1) is 11.8 Å². The minimum atomic E-state index is -2.84. The molecule has 1 aliphatic carbocycles. The molecular formula is C11H22O3S. The first-order valence-electron chi connectivity index (χ1n) is 5.84. The minimum Gasteiger partial charge on any atom is -0.393 e. The Morgan fingerprint density at radius 2 is 1.93 bits per heavy atom. The molecule has 0 spiro atoms. The molecule has 1 saturated carbocycles. The number of rotatable bonds is 5. The first kappa shape index (κ1) is 13.0. The van der Waals surface area contributed by atoms with Gasteiger partial charge in [0.25, 0.3) is 0 Å². The van der Waals surface area contributed by atoms with Crippen molar-refractivity contribution in [1.29, 1.82) is 0 Å². The van der Waals surface area contributed by atoms with Gasteiger partial charge in [-0.2, -0.15) is 0 Å². The normalized spacial score (nSPS) is 32.1. The predicted octanol–water partition coefficient (Wildman–Crippen LogP) is 1.61. The molecule has 1 fully saturated rings. The molecule has 0 aliphatic heterocycles. The summed E-state index contributed by atoms with van der Waals surface area (Å²) < 4.78 is 23.0. The summed E-state index contributed by atoms with van der Waals surface area (Å²) in [6, 6.07) is 0. The number of hydrogen-bond donors (Lipinski definition) is 1. The summed E-state index contributed by atoms with van der Waals surface area (Å²) >= 11 is 0. The van der Waals surface area contributed by atoms with E-state index in [9.17, 15) is 13.5 Å². The molecule has 3 atom stereocenters. The van der Waals surface area contributed by atoms with Crippen molar-refractivity contribution in [2.75, 3.05) is 11.5 Å². The molecule has 3 unspecified atom stereocenters. The quantitative estimate of drug-likeness (QED) is 0.786. The van der Waals surface area contributed by atoms with Crippen LogP contribution in [0.3, 0.4) is 0 Å². The summed E-state index contributed by atoms with van der Waals surface area (Å²) in [6.07, 6.45) is 3.01. The van der Waals surface area contributed by atoms with E-state index in [-0.39, 0.29) is 12.0 Å². The fraction of sp³-hybridized carbons (Fsp3) is 1.00.